The van der Waals surface area contributed by atoms with Gasteiger partial charge in [-0.05, 0) is 32.9 Å². The Morgan fingerprint density at radius 1 is 1.50 bits per heavy atom. The molecule has 20 heavy (non-hydrogen) atoms. The Bertz CT molecular complexity index is 318. The van der Waals surface area contributed by atoms with Gasteiger partial charge in [0.25, 0.3) is 0 Å². The van der Waals surface area contributed by atoms with E-state index in [9.17, 15) is 4.79 Å². The molecular weight excluding hydrogens is 254 g/mol. The molecule has 2 atom stereocenters. The summed E-state index contributed by atoms with van der Waals surface area (Å²) in [4.78, 5) is 16.5. The van der Waals surface area contributed by atoms with Crippen molar-refractivity contribution in [3.63, 3.8) is 0 Å². The van der Waals surface area contributed by atoms with Crippen LogP contribution < -0.4 is 5.32 Å². The number of carbonyl (C=O) groups is 1. The number of ether oxygens (including phenoxy) is 1. The number of morpholine rings is 1. The van der Waals surface area contributed by atoms with E-state index in [0.29, 0.717) is 19.8 Å². The van der Waals surface area contributed by atoms with Gasteiger partial charge in [0.15, 0.2) is 0 Å². The molecule has 1 fully saturated rings. The number of nitrogens with zero attached hydrogens (tertiary/aromatic N) is 2. The summed E-state index contributed by atoms with van der Waals surface area (Å²) >= 11 is 0. The van der Waals surface area contributed by atoms with Crippen molar-refractivity contribution in [3.8, 4) is 0 Å². The lowest BCUT2D eigenvalue weighted by Gasteiger charge is -2.39. The molecular formula is C15H31N3O2. The van der Waals surface area contributed by atoms with Crippen molar-refractivity contribution >= 4 is 6.03 Å². The third kappa shape index (κ3) is 4.63. The van der Waals surface area contributed by atoms with Gasteiger partial charge in [-0.3, -0.25) is 0 Å². The highest BCUT2D eigenvalue weighted by Gasteiger charge is 2.31. The number of hydrogen-bond donors (Lipinski definition) is 1. The molecule has 0 aliphatic carbocycles. The summed E-state index contributed by atoms with van der Waals surface area (Å²) in [6.45, 7) is 11.5. The molecule has 0 aromatic rings. The van der Waals surface area contributed by atoms with Crippen LogP contribution in [0.2, 0.25) is 0 Å². The maximum absolute atomic E-state index is 12.5. The summed E-state index contributed by atoms with van der Waals surface area (Å²) in [5, 5.41) is 3.16. The number of rotatable bonds is 5. The quantitative estimate of drug-likeness (QED) is 0.837. The lowest BCUT2D eigenvalue weighted by atomic mass is 9.85. The molecule has 0 aromatic carbocycles. The van der Waals surface area contributed by atoms with E-state index >= 15 is 0 Å². The fraction of sp³-hybridized carbons (Fsp3) is 0.933. The lowest BCUT2D eigenvalue weighted by molar-refractivity contribution is 0.00959. The van der Waals surface area contributed by atoms with Gasteiger partial charge in [-0.15, -0.1) is 0 Å². The number of carbonyl (C=O) groups excluding carboxylic acids is 1. The van der Waals surface area contributed by atoms with E-state index in [2.05, 4.69) is 52.0 Å². The van der Waals surface area contributed by atoms with Gasteiger partial charge in [-0.1, -0.05) is 20.8 Å². The third-order valence-electron chi connectivity index (χ3n) is 4.20. The second-order valence-corrected chi connectivity index (χ2v) is 6.73. The van der Waals surface area contributed by atoms with Crippen molar-refractivity contribution in [1.29, 1.82) is 0 Å². The molecule has 5 heteroatoms. The topological polar surface area (TPSA) is 44.8 Å². The van der Waals surface area contributed by atoms with Crippen molar-refractivity contribution in [3.05, 3.63) is 0 Å². The minimum atomic E-state index is 0.0349. The zero-order valence-electron chi connectivity index (χ0n) is 13.9. The average molecular weight is 285 g/mol. The van der Waals surface area contributed by atoms with E-state index in [1.54, 1.807) is 0 Å². The highest BCUT2D eigenvalue weighted by atomic mass is 16.5. The van der Waals surface area contributed by atoms with Crippen molar-refractivity contribution < 1.29 is 9.53 Å². The second kappa shape index (κ2) is 7.27. The summed E-state index contributed by atoms with van der Waals surface area (Å²) in [5.41, 5.74) is 0.0349. The third-order valence-corrected chi connectivity index (χ3v) is 4.20. The van der Waals surface area contributed by atoms with E-state index in [1.807, 2.05) is 4.90 Å². The molecule has 1 rings (SSSR count). The molecule has 0 saturated carbocycles. The number of nitrogens with one attached hydrogen (secondary N) is 1. The molecule has 0 spiro atoms. The number of urea groups is 1. The van der Waals surface area contributed by atoms with Crippen LogP contribution in [0.5, 0.6) is 0 Å². The van der Waals surface area contributed by atoms with Gasteiger partial charge >= 0.3 is 6.03 Å². The molecule has 2 amide bonds. The van der Waals surface area contributed by atoms with Crippen molar-refractivity contribution in [2.75, 3.05) is 40.4 Å². The lowest BCUT2D eigenvalue weighted by Crippen LogP contribution is -2.56. The largest absolute Gasteiger partial charge is 0.377 e. The molecule has 1 saturated heterocycles. The van der Waals surface area contributed by atoms with Crippen LogP contribution in [-0.4, -0.2) is 68.3 Å². The Balaban J connectivity index is 2.59. The maximum Gasteiger partial charge on any atom is 0.318 e. The van der Waals surface area contributed by atoms with Crippen LogP contribution in [-0.2, 0) is 4.74 Å². The Kier molecular flexibility index (Phi) is 6.27. The normalized spacial score (nSPS) is 21.9. The maximum atomic E-state index is 12.5. The van der Waals surface area contributed by atoms with Gasteiger partial charge in [-0.25, -0.2) is 4.79 Å². The van der Waals surface area contributed by atoms with Crippen LogP contribution in [0.3, 0.4) is 0 Å². The SMILES string of the molecule is CC[C@@H]1COCCN1C(=O)N[C@H](C)C(C)(C)CN(C)C. The van der Waals surface area contributed by atoms with Crippen LogP contribution >= 0.6 is 0 Å². The molecule has 118 valence electrons. The van der Waals surface area contributed by atoms with Crippen LogP contribution in [0.25, 0.3) is 0 Å². The summed E-state index contributed by atoms with van der Waals surface area (Å²) in [5.74, 6) is 0. The predicted molar refractivity (Wildman–Crippen MR) is 81.9 cm³/mol. The van der Waals surface area contributed by atoms with Crippen molar-refractivity contribution in [2.24, 2.45) is 5.41 Å². The fourth-order valence-corrected chi connectivity index (χ4v) is 2.68. The first kappa shape index (κ1) is 17.2. The molecule has 0 aromatic heterocycles. The monoisotopic (exact) mass is 285 g/mol. The molecule has 1 aliphatic heterocycles. The first-order chi connectivity index (χ1) is 9.27. The first-order valence-corrected chi connectivity index (χ1v) is 7.57. The second-order valence-electron chi connectivity index (χ2n) is 6.73. The van der Waals surface area contributed by atoms with E-state index < -0.39 is 0 Å². The minimum Gasteiger partial charge on any atom is -0.377 e. The molecule has 0 bridgehead atoms. The van der Waals surface area contributed by atoms with Gasteiger partial charge in [0.05, 0.1) is 19.3 Å². The van der Waals surface area contributed by atoms with Crippen molar-refractivity contribution in [2.45, 2.75) is 46.2 Å². The smallest absolute Gasteiger partial charge is 0.318 e. The zero-order valence-corrected chi connectivity index (χ0v) is 13.9. The Hall–Kier alpha value is -0.810. The zero-order chi connectivity index (χ0) is 15.3. The minimum absolute atomic E-state index is 0.0349. The summed E-state index contributed by atoms with van der Waals surface area (Å²) in [7, 11) is 4.12. The molecule has 1 aliphatic rings. The molecule has 1 heterocycles. The van der Waals surface area contributed by atoms with E-state index in [-0.39, 0.29) is 23.5 Å². The van der Waals surface area contributed by atoms with Crippen LogP contribution in [0, 0.1) is 5.41 Å². The summed E-state index contributed by atoms with van der Waals surface area (Å²) in [6.07, 6.45) is 0.933. The van der Waals surface area contributed by atoms with Crippen LogP contribution in [0.4, 0.5) is 4.79 Å². The van der Waals surface area contributed by atoms with E-state index in [4.69, 9.17) is 4.74 Å². The van der Waals surface area contributed by atoms with E-state index in [0.717, 1.165) is 13.0 Å². The summed E-state index contributed by atoms with van der Waals surface area (Å²) in [6, 6.07) is 0.366. The van der Waals surface area contributed by atoms with E-state index in [1.165, 1.54) is 0 Å². The average Bonchev–Trinajstić information content (AvgIpc) is 2.37. The van der Waals surface area contributed by atoms with Gasteiger partial charge in [-0.2, -0.15) is 0 Å². The molecule has 5 nitrogen and oxygen atoms in total. The number of amides is 2. The number of hydrogen-bond acceptors (Lipinski definition) is 3. The predicted octanol–water partition coefficient (Wildman–Crippen LogP) is 1.78. The fourth-order valence-electron chi connectivity index (χ4n) is 2.68. The standard InChI is InChI=1S/C15H31N3O2/c1-7-13-10-20-9-8-18(13)14(19)16-12(2)15(3,4)11-17(5)6/h12-13H,7-11H2,1-6H3,(H,16,19)/t12-,13-/m1/s1. The Labute approximate surface area is 123 Å². The first-order valence-electron chi connectivity index (χ1n) is 7.57. The van der Waals surface area contributed by atoms with Gasteiger partial charge in [0.1, 0.15) is 0 Å². The van der Waals surface area contributed by atoms with Gasteiger partial charge < -0.3 is 19.9 Å². The highest BCUT2D eigenvalue weighted by Crippen LogP contribution is 2.22. The Morgan fingerprint density at radius 2 is 2.15 bits per heavy atom. The summed E-state index contributed by atoms with van der Waals surface area (Å²) < 4.78 is 5.45. The molecule has 0 unspecified atom stereocenters. The highest BCUT2D eigenvalue weighted by molar-refractivity contribution is 5.75. The van der Waals surface area contributed by atoms with Crippen LogP contribution in [0.1, 0.15) is 34.1 Å². The molecule has 1 N–H and O–H groups in total. The van der Waals surface area contributed by atoms with Crippen molar-refractivity contribution in [1.82, 2.24) is 15.1 Å². The molecule has 0 radical (unpaired) electrons. The van der Waals surface area contributed by atoms with Gasteiger partial charge in [0.2, 0.25) is 0 Å². The Morgan fingerprint density at radius 3 is 2.70 bits per heavy atom. The van der Waals surface area contributed by atoms with Gasteiger partial charge in [0, 0.05) is 19.1 Å². The van der Waals surface area contributed by atoms with Crippen LogP contribution in [0.15, 0.2) is 0 Å².